The Hall–Kier alpha value is -2.95. The van der Waals surface area contributed by atoms with Gasteiger partial charge in [-0.3, -0.25) is 9.59 Å². The number of aryl methyl sites for hydroxylation is 1. The first-order chi connectivity index (χ1) is 19.5. The first kappa shape index (κ1) is 34.5. The molecule has 0 unspecified atom stereocenters. The van der Waals surface area contributed by atoms with Crippen molar-refractivity contribution in [3.8, 4) is 5.75 Å². The van der Waals surface area contributed by atoms with Gasteiger partial charge in [0.15, 0.2) is 12.2 Å². The average Bonchev–Trinajstić information content (AvgIpc) is 3.61. The fourth-order valence-corrected chi connectivity index (χ4v) is 7.32. The van der Waals surface area contributed by atoms with E-state index in [9.17, 15) is 24.6 Å². The zero-order valence-corrected chi connectivity index (χ0v) is 24.4. The lowest BCUT2D eigenvalue weighted by Crippen LogP contribution is -2.71. The molecule has 240 valence electrons. The Balaban J connectivity index is 0.00000253. The molecule has 10 nitrogen and oxygen atoms in total. The zero-order chi connectivity index (χ0) is 29.5. The quantitative estimate of drug-likeness (QED) is 0.381. The highest BCUT2D eigenvalue weighted by Gasteiger charge is 2.69. The van der Waals surface area contributed by atoms with E-state index in [1.54, 1.807) is 6.08 Å². The number of fused-ring (bicyclic) bond motifs is 1. The highest BCUT2D eigenvalue weighted by atomic mass is 16.6. The molecule has 10 heteroatoms. The SMILES string of the molecule is C.C.Cc1ccc(CO)c2c1[C@]13CCN(C)[C@H](C)[C@]1(O)CC=C(OC(=O)[C@H](C)OC(=O)CCNC(=O)C1CCCC1)[C@@H]3O2. The number of benzene rings is 1. The molecule has 1 spiro atoms. The predicted octanol–water partition coefficient (Wildman–Crippen LogP) is 3.67. The van der Waals surface area contributed by atoms with E-state index in [1.165, 1.54) is 6.92 Å². The topological polar surface area (TPSA) is 135 Å². The second-order valence-electron chi connectivity index (χ2n) is 12.1. The predicted molar refractivity (Wildman–Crippen MR) is 162 cm³/mol. The molecule has 2 heterocycles. The Morgan fingerprint density at radius 3 is 2.58 bits per heavy atom. The molecule has 0 aromatic heterocycles. The summed E-state index contributed by atoms with van der Waals surface area (Å²) in [6.07, 6.45) is 4.31. The van der Waals surface area contributed by atoms with Gasteiger partial charge in [-0.05, 0) is 65.3 Å². The molecule has 43 heavy (non-hydrogen) atoms. The maximum atomic E-state index is 13.1. The first-order valence-corrected chi connectivity index (χ1v) is 14.8. The fourth-order valence-electron chi connectivity index (χ4n) is 7.32. The van der Waals surface area contributed by atoms with Crippen LogP contribution in [0.3, 0.4) is 0 Å². The van der Waals surface area contributed by atoms with E-state index in [-0.39, 0.29) is 64.5 Å². The number of carbonyl (C=O) groups excluding carboxylic acids is 3. The van der Waals surface area contributed by atoms with Crippen LogP contribution in [-0.4, -0.2) is 76.9 Å². The maximum absolute atomic E-state index is 13.1. The molecular formula is C33H50N2O8. The number of hydrogen-bond donors (Lipinski definition) is 3. The lowest BCUT2D eigenvalue weighted by Gasteiger charge is -2.58. The van der Waals surface area contributed by atoms with Crippen LogP contribution in [0.15, 0.2) is 24.0 Å². The Labute approximate surface area is 255 Å². The van der Waals surface area contributed by atoms with E-state index >= 15 is 0 Å². The van der Waals surface area contributed by atoms with Crippen LogP contribution in [0.5, 0.6) is 5.75 Å². The Kier molecular flexibility index (Phi) is 10.7. The number of aliphatic hydroxyl groups is 2. The molecule has 2 aliphatic carbocycles. The molecule has 1 aromatic carbocycles. The number of likely N-dealkylation sites (tertiary alicyclic amines) is 1. The molecule has 3 N–H and O–H groups in total. The van der Waals surface area contributed by atoms with Crippen molar-refractivity contribution in [1.29, 1.82) is 0 Å². The lowest BCUT2D eigenvalue weighted by molar-refractivity contribution is -0.171. The van der Waals surface area contributed by atoms with Crippen LogP contribution in [0.4, 0.5) is 0 Å². The van der Waals surface area contributed by atoms with Gasteiger partial charge in [-0.25, -0.2) is 4.79 Å². The van der Waals surface area contributed by atoms with Crippen LogP contribution in [0, 0.1) is 12.8 Å². The Morgan fingerprint density at radius 2 is 1.91 bits per heavy atom. The molecule has 1 aromatic rings. The highest BCUT2D eigenvalue weighted by Crippen LogP contribution is 2.61. The number of amides is 1. The number of nitrogens with one attached hydrogen (secondary N) is 1. The van der Waals surface area contributed by atoms with Crippen molar-refractivity contribution in [2.45, 2.75) is 116 Å². The summed E-state index contributed by atoms with van der Waals surface area (Å²) in [7, 11) is 1.98. The second-order valence-corrected chi connectivity index (χ2v) is 12.1. The number of aliphatic hydroxyl groups excluding tert-OH is 1. The summed E-state index contributed by atoms with van der Waals surface area (Å²) in [5, 5.41) is 25.2. The number of esters is 2. The van der Waals surface area contributed by atoms with E-state index in [1.807, 2.05) is 33.0 Å². The first-order valence-electron chi connectivity index (χ1n) is 14.8. The number of piperidine rings is 1. The van der Waals surface area contributed by atoms with Gasteiger partial charge < -0.3 is 34.6 Å². The van der Waals surface area contributed by atoms with E-state index in [2.05, 4.69) is 10.2 Å². The summed E-state index contributed by atoms with van der Waals surface area (Å²) in [4.78, 5) is 39.8. The molecular weight excluding hydrogens is 552 g/mol. The molecule has 1 saturated heterocycles. The number of carbonyl (C=O) groups is 3. The van der Waals surface area contributed by atoms with E-state index in [0.29, 0.717) is 24.3 Å². The molecule has 5 rings (SSSR count). The maximum Gasteiger partial charge on any atom is 0.352 e. The summed E-state index contributed by atoms with van der Waals surface area (Å²) in [5.74, 6) is -0.598. The van der Waals surface area contributed by atoms with Crippen molar-refractivity contribution in [1.82, 2.24) is 10.2 Å². The van der Waals surface area contributed by atoms with Crippen LogP contribution in [0.25, 0.3) is 0 Å². The molecule has 1 amide bonds. The molecule has 5 atom stereocenters. The summed E-state index contributed by atoms with van der Waals surface area (Å²) in [6.45, 7) is 6.01. The summed E-state index contributed by atoms with van der Waals surface area (Å²) in [5.41, 5.74) is 0.273. The minimum atomic E-state index is -1.22. The number of likely N-dealkylation sites (N-methyl/N-ethyl adjacent to an activating group) is 1. The van der Waals surface area contributed by atoms with Crippen molar-refractivity contribution in [2.75, 3.05) is 20.1 Å². The third kappa shape index (κ3) is 5.81. The van der Waals surface area contributed by atoms with Gasteiger partial charge >= 0.3 is 11.9 Å². The fraction of sp³-hybridized carbons (Fsp3) is 0.667. The molecule has 2 aliphatic heterocycles. The standard InChI is InChI=1S/C31H42N2O8.2CH4/c1-18-9-10-22(17-34)26-25(18)30-14-16-33(4)20(3)31(30,38)13-11-23(27(30)41-26)40-29(37)19(2)39-24(35)12-15-32-28(36)21-7-5-6-8-21;;/h9-11,19-21,27,34,38H,5-8,12-17H2,1-4H3,(H,32,36);2*1H4/t19-,20+,27-,30-,31+;;/m0../s1. The number of rotatable bonds is 8. The van der Waals surface area contributed by atoms with Crippen molar-refractivity contribution in [2.24, 2.45) is 5.92 Å². The van der Waals surface area contributed by atoms with Gasteiger partial charge in [-0.1, -0.05) is 39.8 Å². The highest BCUT2D eigenvalue weighted by molar-refractivity contribution is 5.81. The molecule has 0 bridgehead atoms. The third-order valence-corrected chi connectivity index (χ3v) is 9.82. The molecule has 4 aliphatic rings. The minimum absolute atomic E-state index is 0. The van der Waals surface area contributed by atoms with Gasteiger partial charge in [0.05, 0.1) is 24.0 Å². The summed E-state index contributed by atoms with van der Waals surface area (Å²) < 4.78 is 17.6. The van der Waals surface area contributed by atoms with Crippen LogP contribution >= 0.6 is 0 Å². The van der Waals surface area contributed by atoms with E-state index in [0.717, 1.165) is 36.8 Å². The largest absolute Gasteiger partial charge is 0.481 e. The van der Waals surface area contributed by atoms with Crippen molar-refractivity contribution < 1.29 is 38.8 Å². The van der Waals surface area contributed by atoms with Crippen molar-refractivity contribution in [3.63, 3.8) is 0 Å². The Bertz CT molecular complexity index is 1240. The van der Waals surface area contributed by atoms with Crippen molar-refractivity contribution in [3.05, 3.63) is 40.7 Å². The average molecular weight is 603 g/mol. The van der Waals surface area contributed by atoms with Crippen molar-refractivity contribution >= 4 is 17.8 Å². The monoisotopic (exact) mass is 602 g/mol. The van der Waals surface area contributed by atoms with Crippen LogP contribution in [0.1, 0.15) is 90.3 Å². The van der Waals surface area contributed by atoms with Crippen LogP contribution < -0.4 is 10.1 Å². The summed E-state index contributed by atoms with van der Waals surface area (Å²) >= 11 is 0. The number of hydrogen-bond acceptors (Lipinski definition) is 9. The molecule has 2 fully saturated rings. The third-order valence-electron chi connectivity index (χ3n) is 9.82. The smallest absolute Gasteiger partial charge is 0.352 e. The van der Waals surface area contributed by atoms with Gasteiger partial charge in [-0.15, -0.1) is 0 Å². The lowest BCUT2D eigenvalue weighted by atomic mass is 9.54. The second kappa shape index (κ2) is 13.4. The number of ether oxygens (including phenoxy) is 3. The van der Waals surface area contributed by atoms with Gasteiger partial charge in [0, 0.05) is 36.1 Å². The van der Waals surface area contributed by atoms with E-state index < -0.39 is 35.2 Å². The molecule has 1 saturated carbocycles. The summed E-state index contributed by atoms with van der Waals surface area (Å²) in [6, 6.07) is 3.52. The zero-order valence-electron chi connectivity index (χ0n) is 24.4. The Morgan fingerprint density at radius 1 is 1.21 bits per heavy atom. The van der Waals surface area contributed by atoms with Gasteiger partial charge in [-0.2, -0.15) is 0 Å². The van der Waals surface area contributed by atoms with Gasteiger partial charge in [0.1, 0.15) is 11.5 Å². The normalized spacial score (nSPS) is 28.5. The van der Waals surface area contributed by atoms with Gasteiger partial charge in [0.2, 0.25) is 5.91 Å². The number of nitrogens with zero attached hydrogens (tertiary/aromatic N) is 1. The molecule has 0 radical (unpaired) electrons. The van der Waals surface area contributed by atoms with Crippen LogP contribution in [0.2, 0.25) is 0 Å². The van der Waals surface area contributed by atoms with Gasteiger partial charge in [0.25, 0.3) is 0 Å². The van der Waals surface area contributed by atoms with E-state index in [4.69, 9.17) is 14.2 Å². The van der Waals surface area contributed by atoms with Crippen LogP contribution in [-0.2, 0) is 35.9 Å². The minimum Gasteiger partial charge on any atom is -0.481 e.